The zero-order valence-corrected chi connectivity index (χ0v) is 19.9. The van der Waals surface area contributed by atoms with Crippen molar-refractivity contribution in [2.75, 3.05) is 31.4 Å². The fourth-order valence-electron chi connectivity index (χ4n) is 4.66. The van der Waals surface area contributed by atoms with Crippen molar-refractivity contribution >= 4 is 28.4 Å². The van der Waals surface area contributed by atoms with E-state index in [0.29, 0.717) is 30.9 Å². The molecule has 0 unspecified atom stereocenters. The van der Waals surface area contributed by atoms with Gasteiger partial charge in [0.1, 0.15) is 18.5 Å². The van der Waals surface area contributed by atoms with Crippen LogP contribution in [0.25, 0.3) is 22.2 Å². The molecule has 0 spiro atoms. The van der Waals surface area contributed by atoms with Crippen LogP contribution in [0.3, 0.4) is 0 Å². The van der Waals surface area contributed by atoms with Gasteiger partial charge in [-0.2, -0.15) is 0 Å². The first-order chi connectivity index (χ1) is 16.5. The molecule has 0 saturated heterocycles. The van der Waals surface area contributed by atoms with Crippen LogP contribution < -0.4 is 15.8 Å². The highest BCUT2D eigenvalue weighted by Crippen LogP contribution is 2.45. The number of nitrogens with two attached hydrogens (primary N) is 1. The van der Waals surface area contributed by atoms with Gasteiger partial charge < -0.3 is 24.5 Å². The topological polar surface area (TPSA) is 87.7 Å². The van der Waals surface area contributed by atoms with Crippen molar-refractivity contribution < 1.29 is 19.0 Å². The van der Waals surface area contributed by atoms with Crippen molar-refractivity contribution in [3.63, 3.8) is 0 Å². The van der Waals surface area contributed by atoms with Crippen LogP contribution in [0.5, 0.6) is 5.75 Å². The van der Waals surface area contributed by atoms with Gasteiger partial charge in [-0.05, 0) is 69.2 Å². The van der Waals surface area contributed by atoms with E-state index in [1.807, 2.05) is 43.3 Å². The number of hydrogen-bond donors (Lipinski definition) is 2. The van der Waals surface area contributed by atoms with Gasteiger partial charge in [-0.15, -0.1) is 0 Å². The summed E-state index contributed by atoms with van der Waals surface area (Å²) < 4.78 is 18.8. The third kappa shape index (κ3) is 4.57. The van der Waals surface area contributed by atoms with Gasteiger partial charge in [-0.3, -0.25) is 5.32 Å². The quantitative estimate of drug-likeness (QED) is 0.381. The average Bonchev–Trinajstić information content (AvgIpc) is 3.60. The predicted molar refractivity (Wildman–Crippen MR) is 134 cm³/mol. The first kappa shape index (κ1) is 22.6. The fraction of sp³-hybridized carbons (Fsp3) is 0.444. The number of ether oxygens (including phenoxy) is 3. The number of nitrogens with one attached hydrogen (secondary N) is 1. The van der Waals surface area contributed by atoms with Crippen LogP contribution in [0.1, 0.15) is 45.1 Å². The molecule has 7 heteroatoms. The highest BCUT2D eigenvalue weighted by molar-refractivity contribution is 6.01. The number of methoxy groups -OCH3 is 1. The fourth-order valence-corrected chi connectivity index (χ4v) is 4.66. The van der Waals surface area contributed by atoms with Crippen molar-refractivity contribution in [2.24, 2.45) is 5.92 Å². The summed E-state index contributed by atoms with van der Waals surface area (Å²) in [6.45, 7) is 3.00. The van der Waals surface area contributed by atoms with Gasteiger partial charge in [0.25, 0.3) is 0 Å². The van der Waals surface area contributed by atoms with Crippen LogP contribution in [0.4, 0.5) is 16.2 Å². The minimum atomic E-state index is -0.406. The molecule has 2 aliphatic rings. The number of nitrogens with zero attached hydrogens (tertiary/aromatic N) is 1. The minimum absolute atomic E-state index is 0.0411. The van der Waals surface area contributed by atoms with Crippen LogP contribution in [-0.2, 0) is 9.47 Å². The highest BCUT2D eigenvalue weighted by atomic mass is 16.6. The lowest BCUT2D eigenvalue weighted by Crippen LogP contribution is -2.21. The van der Waals surface area contributed by atoms with Gasteiger partial charge in [0.05, 0.1) is 23.5 Å². The summed E-state index contributed by atoms with van der Waals surface area (Å²) in [4.78, 5) is 12.2. The molecule has 180 valence electrons. The SMILES string of the molecule is COCCOc1ccc2c(N)c(-c3ccc(NC(=O)O[C@H](C)C4CC4)cc3)n(C3CCC3)c2c1. The van der Waals surface area contributed by atoms with Crippen molar-refractivity contribution in [3.05, 3.63) is 42.5 Å². The molecule has 1 heterocycles. The molecule has 1 aromatic heterocycles. The van der Waals surface area contributed by atoms with E-state index < -0.39 is 6.09 Å². The molecule has 0 aliphatic heterocycles. The largest absolute Gasteiger partial charge is 0.491 e. The second-order valence-electron chi connectivity index (χ2n) is 9.39. The van der Waals surface area contributed by atoms with E-state index in [-0.39, 0.29) is 6.10 Å². The van der Waals surface area contributed by atoms with Crippen LogP contribution in [0.15, 0.2) is 42.5 Å². The number of fused-ring (bicyclic) bond motifs is 1. The Balaban J connectivity index is 1.41. The summed E-state index contributed by atoms with van der Waals surface area (Å²) in [6.07, 6.45) is 5.32. The molecule has 2 fully saturated rings. The summed E-state index contributed by atoms with van der Waals surface area (Å²) in [5, 5.41) is 3.87. The second-order valence-corrected chi connectivity index (χ2v) is 9.39. The molecule has 2 aliphatic carbocycles. The first-order valence-corrected chi connectivity index (χ1v) is 12.2. The Morgan fingerprint density at radius 3 is 2.53 bits per heavy atom. The van der Waals surface area contributed by atoms with Gasteiger partial charge in [0.15, 0.2) is 0 Å². The molecule has 7 nitrogen and oxygen atoms in total. The van der Waals surface area contributed by atoms with Crippen molar-refractivity contribution in [1.82, 2.24) is 4.57 Å². The number of hydrogen-bond acceptors (Lipinski definition) is 5. The summed E-state index contributed by atoms with van der Waals surface area (Å²) in [5.74, 6) is 1.32. The lowest BCUT2D eigenvalue weighted by molar-refractivity contribution is 0.108. The molecule has 2 aromatic carbocycles. The Bertz CT molecular complexity index is 1160. The second kappa shape index (κ2) is 9.58. The van der Waals surface area contributed by atoms with Gasteiger partial charge in [-0.1, -0.05) is 12.1 Å². The normalized spacial score (nSPS) is 16.8. The molecular formula is C27H33N3O4. The highest BCUT2D eigenvalue weighted by Gasteiger charge is 2.31. The molecule has 34 heavy (non-hydrogen) atoms. The van der Waals surface area contributed by atoms with E-state index in [4.69, 9.17) is 19.9 Å². The maximum absolute atomic E-state index is 12.2. The Morgan fingerprint density at radius 1 is 1.12 bits per heavy atom. The molecule has 0 radical (unpaired) electrons. The molecule has 2 saturated carbocycles. The van der Waals surface area contributed by atoms with Crippen LogP contribution in [0.2, 0.25) is 0 Å². The summed E-state index contributed by atoms with van der Waals surface area (Å²) in [6, 6.07) is 14.3. The van der Waals surface area contributed by atoms with Gasteiger partial charge >= 0.3 is 6.09 Å². The number of carbonyl (C=O) groups is 1. The summed E-state index contributed by atoms with van der Waals surface area (Å²) in [7, 11) is 1.67. The third-order valence-corrected chi connectivity index (χ3v) is 6.99. The monoisotopic (exact) mass is 463 g/mol. The van der Waals surface area contributed by atoms with Crippen LogP contribution in [0, 0.1) is 5.92 Å². The summed E-state index contributed by atoms with van der Waals surface area (Å²) >= 11 is 0. The lowest BCUT2D eigenvalue weighted by atomic mass is 9.92. The molecule has 3 N–H and O–H groups in total. The number of amides is 1. The standard InChI is InChI=1S/C27H33N3O4/c1-17(18-6-7-18)34-27(31)29-20-10-8-19(9-11-20)26-25(28)23-13-12-22(33-15-14-32-2)16-24(23)30(26)21-4-3-5-21/h8-13,16-18,21H,3-7,14-15,28H2,1-2H3,(H,29,31)/t17-/m1/s1. The van der Waals surface area contributed by atoms with Crippen LogP contribution >= 0.6 is 0 Å². The summed E-state index contributed by atoms with van der Waals surface area (Å²) in [5.41, 5.74) is 11.3. The number of nitrogen functional groups attached to an aromatic ring is 1. The van der Waals surface area contributed by atoms with Gasteiger partial charge in [0.2, 0.25) is 0 Å². The van der Waals surface area contributed by atoms with Crippen molar-refractivity contribution in [1.29, 1.82) is 0 Å². The average molecular weight is 464 g/mol. The molecular weight excluding hydrogens is 430 g/mol. The van der Waals surface area contributed by atoms with E-state index in [0.717, 1.165) is 59.3 Å². The number of anilines is 2. The number of rotatable bonds is 9. The van der Waals surface area contributed by atoms with E-state index >= 15 is 0 Å². The van der Waals surface area contributed by atoms with E-state index in [1.54, 1.807) is 7.11 Å². The van der Waals surface area contributed by atoms with Crippen LogP contribution in [-0.4, -0.2) is 37.1 Å². The Morgan fingerprint density at radius 2 is 1.88 bits per heavy atom. The molecule has 5 rings (SSSR count). The zero-order valence-electron chi connectivity index (χ0n) is 19.9. The van der Waals surface area contributed by atoms with Gasteiger partial charge in [0, 0.05) is 35.9 Å². The van der Waals surface area contributed by atoms with Gasteiger partial charge in [-0.25, -0.2) is 4.79 Å². The first-order valence-electron chi connectivity index (χ1n) is 12.2. The van der Waals surface area contributed by atoms with E-state index in [9.17, 15) is 4.79 Å². The smallest absolute Gasteiger partial charge is 0.411 e. The molecule has 3 aromatic rings. The molecule has 1 atom stereocenters. The Kier molecular flexibility index (Phi) is 6.37. The van der Waals surface area contributed by atoms with E-state index in [1.165, 1.54) is 6.42 Å². The number of carbonyl (C=O) groups excluding carboxylic acids is 1. The number of benzene rings is 2. The Labute approximate surface area is 200 Å². The zero-order chi connectivity index (χ0) is 23.7. The van der Waals surface area contributed by atoms with Crippen molar-refractivity contribution in [3.8, 4) is 17.0 Å². The van der Waals surface area contributed by atoms with Crippen molar-refractivity contribution in [2.45, 2.75) is 51.2 Å². The molecule has 1 amide bonds. The molecule has 0 bridgehead atoms. The Hall–Kier alpha value is -3.19. The maximum atomic E-state index is 12.2. The lowest BCUT2D eigenvalue weighted by Gasteiger charge is -2.30. The maximum Gasteiger partial charge on any atom is 0.411 e. The van der Waals surface area contributed by atoms with E-state index in [2.05, 4.69) is 16.0 Å². The number of aromatic nitrogens is 1. The third-order valence-electron chi connectivity index (χ3n) is 6.99. The minimum Gasteiger partial charge on any atom is -0.491 e. The predicted octanol–water partition coefficient (Wildman–Crippen LogP) is 5.99.